The van der Waals surface area contributed by atoms with E-state index in [1.54, 1.807) is 11.3 Å². The van der Waals surface area contributed by atoms with Gasteiger partial charge in [0.25, 0.3) is 0 Å². The summed E-state index contributed by atoms with van der Waals surface area (Å²) in [6, 6.07) is 24.5. The molecule has 2 aromatic heterocycles. The lowest BCUT2D eigenvalue weighted by atomic mass is 9.98. The number of rotatable bonds is 3. The summed E-state index contributed by atoms with van der Waals surface area (Å²) in [4.78, 5) is 8.98. The summed E-state index contributed by atoms with van der Waals surface area (Å²) >= 11 is 14.1. The van der Waals surface area contributed by atoms with E-state index in [1.165, 1.54) is 0 Å². The Labute approximate surface area is 178 Å². The molecule has 5 rings (SSSR count). The fourth-order valence-electron chi connectivity index (χ4n) is 3.57. The van der Waals surface area contributed by atoms with Crippen molar-refractivity contribution in [3.8, 4) is 21.7 Å². The van der Waals surface area contributed by atoms with Crippen LogP contribution in [0.3, 0.4) is 0 Å². The molecule has 0 aliphatic carbocycles. The van der Waals surface area contributed by atoms with Gasteiger partial charge in [0.2, 0.25) is 0 Å². The third-order valence-electron chi connectivity index (χ3n) is 4.86. The Balaban J connectivity index is 1.70. The molecule has 0 atom stereocenters. The number of hydrogen-bond donors (Lipinski definition) is 0. The molecule has 136 valence electrons. The second-order valence-corrected chi connectivity index (χ2v) is 8.30. The summed E-state index contributed by atoms with van der Waals surface area (Å²) < 4.78 is 0. The Hall–Kier alpha value is -2.53. The van der Waals surface area contributed by atoms with E-state index in [0.717, 1.165) is 43.6 Å². The van der Waals surface area contributed by atoms with Crippen molar-refractivity contribution in [2.24, 2.45) is 0 Å². The van der Waals surface area contributed by atoms with Gasteiger partial charge in [-0.25, -0.2) is 4.98 Å². The maximum Gasteiger partial charge on any atom is 0.116 e. The second kappa shape index (κ2) is 7.13. The lowest BCUT2D eigenvalue weighted by Crippen LogP contribution is -2.22. The largest absolute Gasteiger partial charge is 0.325 e. The number of benzene rings is 2. The highest BCUT2D eigenvalue weighted by atomic mass is 35.5. The third kappa shape index (κ3) is 2.94. The summed E-state index contributed by atoms with van der Waals surface area (Å²) in [7, 11) is 0. The number of nitrogens with zero attached hydrogens (tertiary/aromatic N) is 2. The average molecular weight is 419 g/mol. The fourth-order valence-corrected chi connectivity index (χ4v) is 4.88. The molecule has 0 unspecified atom stereocenters. The van der Waals surface area contributed by atoms with Crippen molar-refractivity contribution in [1.82, 2.24) is 4.98 Å². The van der Waals surface area contributed by atoms with Crippen LogP contribution in [-0.2, 0) is 6.54 Å². The summed E-state index contributed by atoms with van der Waals surface area (Å²) in [5.41, 5.74) is 6.19. The van der Waals surface area contributed by atoms with Gasteiger partial charge in [-0.2, -0.15) is 0 Å². The molecule has 2 nitrogen and oxygen atoms in total. The standard InChI is InChI=1S/C23H15ClN2S2/c24-17-9-4-5-10-20(17)26-14-19-22(23(26)27)16(15-7-2-1-3-8-15)13-18(25-19)21-11-6-12-28-21/h1-13H,14H2. The minimum Gasteiger partial charge on any atom is -0.325 e. The van der Waals surface area contributed by atoms with Gasteiger partial charge in [-0.3, -0.25) is 0 Å². The first-order valence-corrected chi connectivity index (χ1v) is 10.6. The topological polar surface area (TPSA) is 16.1 Å². The van der Waals surface area contributed by atoms with Crippen LogP contribution in [-0.4, -0.2) is 9.97 Å². The SMILES string of the molecule is S=C1c2c(-c3ccccc3)cc(-c3cccs3)nc2CN1c1ccccc1Cl. The zero-order valence-electron chi connectivity index (χ0n) is 14.8. The van der Waals surface area contributed by atoms with Crippen LogP contribution in [0.1, 0.15) is 11.3 Å². The third-order valence-corrected chi connectivity index (χ3v) is 6.50. The lowest BCUT2D eigenvalue weighted by molar-refractivity contribution is 1.00. The number of hydrogen-bond acceptors (Lipinski definition) is 3. The Kier molecular flexibility index (Phi) is 4.47. The van der Waals surface area contributed by atoms with Crippen LogP contribution >= 0.6 is 35.2 Å². The van der Waals surface area contributed by atoms with Gasteiger partial charge in [-0.05, 0) is 40.8 Å². The zero-order chi connectivity index (χ0) is 19.1. The molecule has 0 fully saturated rings. The maximum absolute atomic E-state index is 6.46. The first kappa shape index (κ1) is 17.6. The van der Waals surface area contributed by atoms with Crippen LogP contribution in [0.5, 0.6) is 0 Å². The van der Waals surface area contributed by atoms with Gasteiger partial charge in [0.1, 0.15) is 4.99 Å². The van der Waals surface area contributed by atoms with E-state index >= 15 is 0 Å². The van der Waals surface area contributed by atoms with Crippen LogP contribution in [0.25, 0.3) is 21.7 Å². The highest BCUT2D eigenvalue weighted by Crippen LogP contribution is 2.39. The predicted octanol–water partition coefficient (Wildman–Crippen LogP) is 6.83. The molecule has 0 N–H and O–H groups in total. The minimum absolute atomic E-state index is 0.622. The summed E-state index contributed by atoms with van der Waals surface area (Å²) in [5.74, 6) is 0. The molecule has 0 amide bonds. The number of pyridine rings is 1. The lowest BCUT2D eigenvalue weighted by Gasteiger charge is -2.19. The van der Waals surface area contributed by atoms with Crippen LogP contribution in [0, 0.1) is 0 Å². The molecule has 5 heteroatoms. The summed E-state index contributed by atoms with van der Waals surface area (Å²) in [6.07, 6.45) is 0. The Morgan fingerprint density at radius 1 is 0.964 bits per heavy atom. The summed E-state index contributed by atoms with van der Waals surface area (Å²) in [6.45, 7) is 0.622. The molecule has 0 saturated heterocycles. The van der Waals surface area contributed by atoms with Gasteiger partial charge in [0.15, 0.2) is 0 Å². The van der Waals surface area contributed by atoms with Crippen molar-refractivity contribution < 1.29 is 0 Å². The van der Waals surface area contributed by atoms with Gasteiger partial charge in [0.05, 0.1) is 33.5 Å². The molecule has 2 aromatic carbocycles. The van der Waals surface area contributed by atoms with E-state index in [0.29, 0.717) is 11.6 Å². The van der Waals surface area contributed by atoms with Crippen molar-refractivity contribution in [1.29, 1.82) is 0 Å². The average Bonchev–Trinajstić information content (AvgIpc) is 3.37. The van der Waals surface area contributed by atoms with Gasteiger partial charge >= 0.3 is 0 Å². The number of thiophene rings is 1. The van der Waals surface area contributed by atoms with Gasteiger partial charge in [-0.15, -0.1) is 11.3 Å². The van der Waals surface area contributed by atoms with Crippen LogP contribution in [0.4, 0.5) is 5.69 Å². The molecular formula is C23H15ClN2S2. The van der Waals surface area contributed by atoms with Crippen molar-refractivity contribution >= 4 is 45.8 Å². The van der Waals surface area contributed by atoms with Crippen LogP contribution < -0.4 is 4.90 Å². The quantitative estimate of drug-likeness (QED) is 0.339. The molecule has 1 aliphatic heterocycles. The van der Waals surface area contributed by atoms with Crippen molar-refractivity contribution in [2.45, 2.75) is 6.54 Å². The predicted molar refractivity (Wildman–Crippen MR) is 122 cm³/mol. The molecule has 28 heavy (non-hydrogen) atoms. The Morgan fingerprint density at radius 3 is 2.50 bits per heavy atom. The number of para-hydroxylation sites is 1. The van der Waals surface area contributed by atoms with Crippen molar-refractivity contribution in [3.63, 3.8) is 0 Å². The first-order chi connectivity index (χ1) is 13.7. The Morgan fingerprint density at radius 2 is 1.75 bits per heavy atom. The monoisotopic (exact) mass is 418 g/mol. The van der Waals surface area contributed by atoms with Crippen LogP contribution in [0.2, 0.25) is 5.02 Å². The molecule has 0 spiro atoms. The normalized spacial score (nSPS) is 13.0. The van der Waals surface area contributed by atoms with Crippen LogP contribution in [0.15, 0.2) is 78.2 Å². The highest BCUT2D eigenvalue weighted by molar-refractivity contribution is 7.81. The number of halogens is 1. The maximum atomic E-state index is 6.46. The molecule has 0 saturated carbocycles. The smallest absolute Gasteiger partial charge is 0.116 e. The molecule has 4 aromatic rings. The van der Waals surface area contributed by atoms with E-state index in [1.807, 2.05) is 30.3 Å². The highest BCUT2D eigenvalue weighted by Gasteiger charge is 2.31. The van der Waals surface area contributed by atoms with E-state index in [9.17, 15) is 0 Å². The van der Waals surface area contributed by atoms with E-state index in [4.69, 9.17) is 28.8 Å². The number of anilines is 1. The first-order valence-electron chi connectivity index (χ1n) is 8.92. The minimum atomic E-state index is 0.622. The molecule has 0 bridgehead atoms. The molecular weight excluding hydrogens is 404 g/mol. The van der Waals surface area contributed by atoms with E-state index < -0.39 is 0 Å². The molecule has 0 radical (unpaired) electrons. The van der Waals surface area contributed by atoms with Gasteiger partial charge in [-0.1, -0.05) is 72.3 Å². The number of fused-ring (bicyclic) bond motifs is 1. The van der Waals surface area contributed by atoms with Gasteiger partial charge in [0, 0.05) is 5.56 Å². The molecule has 3 heterocycles. The zero-order valence-corrected chi connectivity index (χ0v) is 17.2. The van der Waals surface area contributed by atoms with Gasteiger partial charge < -0.3 is 4.90 Å². The molecule has 1 aliphatic rings. The van der Waals surface area contributed by atoms with Crippen molar-refractivity contribution in [3.05, 3.63) is 94.5 Å². The Bertz CT molecular complexity index is 1170. The second-order valence-electron chi connectivity index (χ2n) is 6.56. The fraction of sp³-hybridized carbons (Fsp3) is 0.0435. The number of thiocarbonyl (C=S) groups is 1. The van der Waals surface area contributed by atoms with E-state index in [2.05, 4.69) is 52.7 Å². The van der Waals surface area contributed by atoms with E-state index in [-0.39, 0.29) is 0 Å². The summed E-state index contributed by atoms with van der Waals surface area (Å²) in [5, 5.41) is 2.77. The number of aromatic nitrogens is 1. The van der Waals surface area contributed by atoms with Crippen molar-refractivity contribution in [2.75, 3.05) is 4.90 Å².